The fraction of sp³-hybridized carbons (Fsp3) is 0.241. The molecular weight excluding hydrogens is 450 g/mol. The minimum absolute atomic E-state index is 0.0441. The summed E-state index contributed by atoms with van der Waals surface area (Å²) in [6.07, 6.45) is 5.24. The van der Waals surface area contributed by atoms with E-state index in [-0.39, 0.29) is 17.7 Å². The van der Waals surface area contributed by atoms with E-state index in [0.717, 1.165) is 35.2 Å². The van der Waals surface area contributed by atoms with Gasteiger partial charge in [0.15, 0.2) is 0 Å². The smallest absolute Gasteiger partial charge is 0.254 e. The first-order valence-corrected chi connectivity index (χ1v) is 12.3. The molecule has 1 unspecified atom stereocenters. The van der Waals surface area contributed by atoms with Gasteiger partial charge < -0.3 is 10.2 Å². The van der Waals surface area contributed by atoms with E-state index in [1.807, 2.05) is 77.3 Å². The number of hydrogen-bond donors (Lipinski definition) is 1. The Labute approximate surface area is 210 Å². The Balaban J connectivity index is 1.30. The number of likely N-dealkylation sites (tertiary alicyclic amines) is 1. The summed E-state index contributed by atoms with van der Waals surface area (Å²) in [7, 11) is 0. The molecule has 0 bridgehead atoms. The van der Waals surface area contributed by atoms with Gasteiger partial charge in [-0.25, -0.2) is 4.98 Å². The van der Waals surface area contributed by atoms with Gasteiger partial charge in [0.1, 0.15) is 5.82 Å². The molecule has 2 aromatic heterocycles. The van der Waals surface area contributed by atoms with Crippen LogP contribution in [-0.4, -0.2) is 44.6 Å². The van der Waals surface area contributed by atoms with E-state index >= 15 is 0 Å². The van der Waals surface area contributed by atoms with Crippen LogP contribution in [0.2, 0.25) is 0 Å². The van der Waals surface area contributed by atoms with Gasteiger partial charge in [-0.1, -0.05) is 48.5 Å². The topological polar surface area (TPSA) is 80.1 Å². The Bertz CT molecular complexity index is 1350. The zero-order valence-electron chi connectivity index (χ0n) is 20.3. The Morgan fingerprint density at radius 2 is 1.83 bits per heavy atom. The Morgan fingerprint density at radius 3 is 2.61 bits per heavy atom. The molecule has 2 aromatic carbocycles. The highest BCUT2D eigenvalue weighted by Gasteiger charge is 2.30. The molecule has 2 amide bonds. The lowest BCUT2D eigenvalue weighted by Gasteiger charge is -2.32. The standard InChI is InChI=1S/C29H29N5O2/c1-21-7-4-11-27(31-21)32-28(35)24-8-5-17-33(20-24)29(36)26-10-3-2-9-25(26)23-14-12-22(13-15-23)19-34-18-6-16-30-34/h2-4,6-7,9-16,18,24H,5,8,17,19-20H2,1H3,(H,31,32,35). The van der Waals surface area contributed by atoms with Crippen molar-refractivity contribution in [3.63, 3.8) is 0 Å². The zero-order valence-corrected chi connectivity index (χ0v) is 20.3. The molecule has 0 aliphatic carbocycles. The lowest BCUT2D eigenvalue weighted by molar-refractivity contribution is -0.121. The average Bonchev–Trinajstić information content (AvgIpc) is 3.42. The van der Waals surface area contributed by atoms with Crippen molar-refractivity contribution in [3.05, 3.63) is 102 Å². The highest BCUT2D eigenvalue weighted by molar-refractivity contribution is 6.01. The number of nitrogens with one attached hydrogen (secondary N) is 1. The van der Waals surface area contributed by atoms with Gasteiger partial charge in [-0.15, -0.1) is 0 Å². The van der Waals surface area contributed by atoms with Crippen LogP contribution in [0, 0.1) is 12.8 Å². The van der Waals surface area contributed by atoms with Gasteiger partial charge in [-0.3, -0.25) is 14.3 Å². The molecule has 0 spiro atoms. The molecule has 182 valence electrons. The third-order valence-corrected chi connectivity index (χ3v) is 6.55. The Morgan fingerprint density at radius 1 is 1.00 bits per heavy atom. The molecule has 3 heterocycles. The molecule has 1 fully saturated rings. The highest BCUT2D eigenvalue weighted by atomic mass is 16.2. The number of aryl methyl sites for hydroxylation is 1. The molecule has 1 atom stereocenters. The number of carbonyl (C=O) groups excluding carboxylic acids is 2. The van der Waals surface area contributed by atoms with Crippen molar-refractivity contribution in [1.82, 2.24) is 19.7 Å². The first kappa shape index (κ1) is 23.5. The second-order valence-corrected chi connectivity index (χ2v) is 9.19. The van der Waals surface area contributed by atoms with Crippen molar-refractivity contribution in [2.75, 3.05) is 18.4 Å². The predicted octanol–water partition coefficient (Wildman–Crippen LogP) is 4.79. The maximum absolute atomic E-state index is 13.6. The second kappa shape index (κ2) is 10.6. The zero-order chi connectivity index (χ0) is 24.9. The molecule has 1 aliphatic heterocycles. The van der Waals surface area contributed by atoms with E-state index < -0.39 is 0 Å². The van der Waals surface area contributed by atoms with Gasteiger partial charge in [0.05, 0.1) is 12.5 Å². The number of benzene rings is 2. The van der Waals surface area contributed by atoms with Crippen LogP contribution in [0.3, 0.4) is 0 Å². The van der Waals surface area contributed by atoms with Crippen molar-refractivity contribution in [2.24, 2.45) is 5.92 Å². The SMILES string of the molecule is Cc1cccc(NC(=O)C2CCCN(C(=O)c3ccccc3-c3ccc(Cn4cccn4)cc3)C2)n1. The average molecular weight is 480 g/mol. The third-order valence-electron chi connectivity index (χ3n) is 6.55. The molecule has 7 heteroatoms. The van der Waals surface area contributed by atoms with Gasteiger partial charge in [-0.05, 0) is 60.7 Å². The summed E-state index contributed by atoms with van der Waals surface area (Å²) in [6, 6.07) is 23.4. The van der Waals surface area contributed by atoms with E-state index in [4.69, 9.17) is 0 Å². The van der Waals surface area contributed by atoms with Crippen LogP contribution in [0.25, 0.3) is 11.1 Å². The lowest BCUT2D eigenvalue weighted by Crippen LogP contribution is -2.44. The van der Waals surface area contributed by atoms with Gasteiger partial charge in [0.25, 0.3) is 5.91 Å². The van der Waals surface area contributed by atoms with Crippen molar-refractivity contribution in [1.29, 1.82) is 0 Å². The minimum atomic E-state index is -0.265. The molecule has 1 saturated heterocycles. The summed E-state index contributed by atoms with van der Waals surface area (Å²) in [4.78, 5) is 32.7. The van der Waals surface area contributed by atoms with Crippen LogP contribution in [0.4, 0.5) is 5.82 Å². The molecule has 4 aromatic rings. The molecular formula is C29H29N5O2. The number of anilines is 1. The van der Waals surface area contributed by atoms with E-state index in [0.29, 0.717) is 31.0 Å². The second-order valence-electron chi connectivity index (χ2n) is 9.19. The maximum Gasteiger partial charge on any atom is 0.254 e. The molecule has 1 aliphatic rings. The molecule has 0 saturated carbocycles. The van der Waals surface area contributed by atoms with Crippen molar-refractivity contribution in [2.45, 2.75) is 26.3 Å². The summed E-state index contributed by atoms with van der Waals surface area (Å²) in [5.41, 5.74) is 4.51. The lowest BCUT2D eigenvalue weighted by atomic mass is 9.94. The van der Waals surface area contributed by atoms with Crippen molar-refractivity contribution >= 4 is 17.6 Å². The molecule has 5 rings (SSSR count). The summed E-state index contributed by atoms with van der Waals surface area (Å²) in [6.45, 7) is 3.63. The number of carbonyl (C=O) groups is 2. The van der Waals surface area contributed by atoms with Crippen LogP contribution in [0.1, 0.15) is 34.5 Å². The van der Waals surface area contributed by atoms with E-state index in [1.165, 1.54) is 0 Å². The number of amides is 2. The number of nitrogens with zero attached hydrogens (tertiary/aromatic N) is 4. The maximum atomic E-state index is 13.6. The monoisotopic (exact) mass is 479 g/mol. The Kier molecular flexibility index (Phi) is 6.89. The molecule has 7 nitrogen and oxygen atoms in total. The molecule has 36 heavy (non-hydrogen) atoms. The van der Waals surface area contributed by atoms with Crippen LogP contribution in [0.5, 0.6) is 0 Å². The first-order chi connectivity index (χ1) is 17.6. The summed E-state index contributed by atoms with van der Waals surface area (Å²) in [5.74, 6) is 0.146. The predicted molar refractivity (Wildman–Crippen MR) is 139 cm³/mol. The van der Waals surface area contributed by atoms with Crippen LogP contribution in [-0.2, 0) is 11.3 Å². The fourth-order valence-electron chi connectivity index (χ4n) is 4.68. The fourth-order valence-corrected chi connectivity index (χ4v) is 4.68. The van der Waals surface area contributed by atoms with Gasteiger partial charge in [0, 0.05) is 36.7 Å². The van der Waals surface area contributed by atoms with E-state index in [9.17, 15) is 9.59 Å². The summed E-state index contributed by atoms with van der Waals surface area (Å²) < 4.78 is 1.88. The normalized spacial score (nSPS) is 15.5. The number of aromatic nitrogens is 3. The van der Waals surface area contributed by atoms with Gasteiger partial charge in [0.2, 0.25) is 5.91 Å². The van der Waals surface area contributed by atoms with Crippen LogP contribution in [0.15, 0.2) is 85.2 Å². The van der Waals surface area contributed by atoms with Gasteiger partial charge in [-0.2, -0.15) is 5.10 Å². The highest BCUT2D eigenvalue weighted by Crippen LogP contribution is 2.27. The number of hydrogen-bond acceptors (Lipinski definition) is 4. The molecule has 0 radical (unpaired) electrons. The third kappa shape index (κ3) is 5.35. The largest absolute Gasteiger partial charge is 0.338 e. The number of pyridine rings is 1. The summed E-state index contributed by atoms with van der Waals surface area (Å²) in [5, 5.41) is 7.18. The first-order valence-electron chi connectivity index (χ1n) is 12.3. The quantitative estimate of drug-likeness (QED) is 0.431. The van der Waals surface area contributed by atoms with Crippen LogP contribution >= 0.6 is 0 Å². The Hall–Kier alpha value is -4.26. The number of piperidine rings is 1. The minimum Gasteiger partial charge on any atom is -0.338 e. The molecule has 1 N–H and O–H groups in total. The van der Waals surface area contributed by atoms with Crippen molar-refractivity contribution < 1.29 is 9.59 Å². The number of rotatable bonds is 6. The van der Waals surface area contributed by atoms with Crippen molar-refractivity contribution in [3.8, 4) is 11.1 Å². The van der Waals surface area contributed by atoms with Gasteiger partial charge >= 0.3 is 0 Å². The summed E-state index contributed by atoms with van der Waals surface area (Å²) >= 11 is 0. The van der Waals surface area contributed by atoms with E-state index in [1.54, 1.807) is 12.3 Å². The van der Waals surface area contributed by atoms with Crippen LogP contribution < -0.4 is 5.32 Å². The van der Waals surface area contributed by atoms with E-state index in [2.05, 4.69) is 27.5 Å².